The highest BCUT2D eigenvalue weighted by Gasteiger charge is 2.48. The van der Waals surface area contributed by atoms with Crippen LogP contribution in [-0.2, 0) is 16.7 Å². The zero-order chi connectivity index (χ0) is 18.4. The van der Waals surface area contributed by atoms with Gasteiger partial charge in [-0.05, 0) is 59.1 Å². The van der Waals surface area contributed by atoms with Crippen molar-refractivity contribution < 1.29 is 9.53 Å². The number of aromatic nitrogens is 1. The molecule has 1 aromatic heterocycles. The maximum atomic E-state index is 12.6. The fourth-order valence-corrected chi connectivity index (χ4v) is 4.17. The molecule has 5 nitrogen and oxygen atoms in total. The molecule has 0 fully saturated rings. The second kappa shape index (κ2) is 5.90. The van der Waals surface area contributed by atoms with Gasteiger partial charge in [-0.1, -0.05) is 17.7 Å². The van der Waals surface area contributed by atoms with Crippen LogP contribution in [0.5, 0.6) is 0 Å². The predicted molar refractivity (Wildman–Crippen MR) is 97.4 cm³/mol. The fraction of sp³-hybridized carbons (Fsp3) is 0.500. The first-order chi connectivity index (χ1) is 11.6. The summed E-state index contributed by atoms with van der Waals surface area (Å²) in [6.07, 6.45) is 5.28. The molecule has 0 radical (unpaired) electrons. The van der Waals surface area contributed by atoms with Gasteiger partial charge in [0.1, 0.15) is 5.60 Å². The molecule has 0 saturated heterocycles. The average Bonchev–Trinajstić information content (AvgIpc) is 2.43. The summed E-state index contributed by atoms with van der Waals surface area (Å²) in [6.45, 7) is 9.63. The Hall–Kier alpha value is -2.30. The molecule has 1 amide bonds. The maximum absolute atomic E-state index is 12.6. The smallest absolute Gasteiger partial charge is 0.408 e. The first-order valence-electron chi connectivity index (χ1n) is 8.72. The van der Waals surface area contributed by atoms with Gasteiger partial charge in [0, 0.05) is 23.2 Å². The summed E-state index contributed by atoms with van der Waals surface area (Å²) in [5, 5.41) is 3.14. The van der Waals surface area contributed by atoms with Gasteiger partial charge in [0.05, 0.1) is 5.54 Å². The second-order valence-electron chi connectivity index (χ2n) is 7.99. The lowest BCUT2D eigenvalue weighted by molar-refractivity contribution is 0.0459. The minimum absolute atomic E-state index is 0.117. The number of hydrogen-bond acceptors (Lipinski definition) is 3. The minimum Gasteiger partial charge on any atom is -0.444 e. The number of carbonyl (C=O) groups excluding carboxylic acids is 1. The van der Waals surface area contributed by atoms with E-state index in [0.717, 1.165) is 23.3 Å². The monoisotopic (exact) mass is 342 g/mol. The number of alkyl carbamates (subject to hydrolysis) is 1. The van der Waals surface area contributed by atoms with Crippen molar-refractivity contribution in [3.63, 3.8) is 0 Å². The van der Waals surface area contributed by atoms with E-state index in [2.05, 4.69) is 29.4 Å². The molecule has 3 rings (SSSR count). The van der Waals surface area contributed by atoms with Crippen molar-refractivity contribution in [2.75, 3.05) is 0 Å². The third-order valence-electron chi connectivity index (χ3n) is 4.83. The molecule has 0 aliphatic heterocycles. The van der Waals surface area contributed by atoms with Crippen molar-refractivity contribution in [3.05, 3.63) is 57.0 Å². The van der Waals surface area contributed by atoms with Gasteiger partial charge in [-0.15, -0.1) is 0 Å². The lowest BCUT2D eigenvalue weighted by Gasteiger charge is -2.47. The predicted octanol–water partition coefficient (Wildman–Crippen LogP) is 3.56. The quantitative estimate of drug-likeness (QED) is 0.767. The van der Waals surface area contributed by atoms with Crippen molar-refractivity contribution in [1.82, 2.24) is 10.3 Å². The summed E-state index contributed by atoms with van der Waals surface area (Å²) in [7, 11) is 0. The number of allylic oxidation sites excluding steroid dienone is 2. The molecule has 2 bridgehead atoms. The molecule has 25 heavy (non-hydrogen) atoms. The standard InChI is InChI=1S/C20H26N2O3/c1-6-14-13-9-12(2)11-20(14,22-18(24)25-19(3,4)5)15-7-8-17(23)21-16(15)10-13/h6-9,13H,10-11H2,1-5H3,(H,21,23)(H,22,24)/b14-6+/t13?,20-/m0/s1. The SMILES string of the molecule is C/C=C1\C2C=C(C)C[C@@]1(NC(=O)OC(C)(C)C)c1ccc(=O)[nH]c1C2. The minimum atomic E-state index is -0.668. The van der Waals surface area contributed by atoms with Crippen LogP contribution in [0.3, 0.4) is 0 Å². The normalized spacial score (nSPS) is 26.7. The van der Waals surface area contributed by atoms with E-state index < -0.39 is 17.2 Å². The van der Waals surface area contributed by atoms with Crippen molar-refractivity contribution in [1.29, 1.82) is 0 Å². The van der Waals surface area contributed by atoms with Gasteiger partial charge in [0.2, 0.25) is 5.56 Å². The van der Waals surface area contributed by atoms with Crippen LogP contribution in [0.2, 0.25) is 0 Å². The van der Waals surface area contributed by atoms with Gasteiger partial charge in [-0.25, -0.2) is 4.79 Å². The number of carbonyl (C=O) groups is 1. The first-order valence-corrected chi connectivity index (χ1v) is 8.72. The molecule has 2 N–H and O–H groups in total. The summed E-state index contributed by atoms with van der Waals surface area (Å²) in [4.78, 5) is 27.4. The van der Waals surface area contributed by atoms with Crippen LogP contribution in [-0.4, -0.2) is 16.7 Å². The molecule has 0 saturated carbocycles. The molecule has 1 unspecified atom stereocenters. The Balaban J connectivity index is 2.13. The van der Waals surface area contributed by atoms with Crippen molar-refractivity contribution in [3.8, 4) is 0 Å². The summed E-state index contributed by atoms with van der Waals surface area (Å²) in [6, 6.07) is 3.36. The van der Waals surface area contributed by atoms with Gasteiger partial charge < -0.3 is 15.0 Å². The fourth-order valence-electron chi connectivity index (χ4n) is 4.17. The highest BCUT2D eigenvalue weighted by atomic mass is 16.6. The Kier molecular flexibility index (Phi) is 4.13. The van der Waals surface area contributed by atoms with Crippen LogP contribution >= 0.6 is 0 Å². The summed E-state index contributed by atoms with van der Waals surface area (Å²) >= 11 is 0. The number of aromatic amines is 1. The third kappa shape index (κ3) is 3.15. The number of H-pyrrole nitrogens is 1. The molecular formula is C20H26N2O3. The average molecular weight is 342 g/mol. The van der Waals surface area contributed by atoms with E-state index in [4.69, 9.17) is 4.74 Å². The molecule has 1 heterocycles. The maximum Gasteiger partial charge on any atom is 0.408 e. The summed E-state index contributed by atoms with van der Waals surface area (Å²) in [5.41, 5.74) is 2.87. The lowest BCUT2D eigenvalue weighted by Crippen LogP contribution is -2.54. The number of pyridine rings is 1. The zero-order valence-corrected chi connectivity index (χ0v) is 15.5. The largest absolute Gasteiger partial charge is 0.444 e. The van der Waals surface area contributed by atoms with E-state index >= 15 is 0 Å². The Morgan fingerprint density at radius 1 is 1.40 bits per heavy atom. The van der Waals surface area contributed by atoms with Gasteiger partial charge in [0.15, 0.2) is 0 Å². The molecule has 2 atom stereocenters. The van der Waals surface area contributed by atoms with Crippen molar-refractivity contribution in [2.45, 2.75) is 58.6 Å². The van der Waals surface area contributed by atoms with Crippen molar-refractivity contribution in [2.24, 2.45) is 5.92 Å². The third-order valence-corrected chi connectivity index (χ3v) is 4.83. The Morgan fingerprint density at radius 2 is 2.12 bits per heavy atom. The van der Waals surface area contributed by atoms with Crippen LogP contribution in [0, 0.1) is 5.92 Å². The van der Waals surface area contributed by atoms with Gasteiger partial charge in [0.25, 0.3) is 0 Å². The molecule has 2 aliphatic carbocycles. The molecule has 5 heteroatoms. The van der Waals surface area contributed by atoms with Crippen LogP contribution in [0.15, 0.2) is 40.2 Å². The van der Waals surface area contributed by atoms with Crippen LogP contribution in [0.4, 0.5) is 4.79 Å². The first kappa shape index (κ1) is 17.5. The van der Waals surface area contributed by atoms with E-state index in [1.807, 2.05) is 33.8 Å². The molecule has 0 spiro atoms. The molecule has 0 aromatic carbocycles. The van der Waals surface area contributed by atoms with Crippen LogP contribution in [0.1, 0.15) is 52.3 Å². The highest BCUT2D eigenvalue weighted by Crippen LogP contribution is 2.49. The van der Waals surface area contributed by atoms with E-state index in [1.165, 1.54) is 11.6 Å². The van der Waals surface area contributed by atoms with E-state index in [-0.39, 0.29) is 11.5 Å². The van der Waals surface area contributed by atoms with E-state index in [1.54, 1.807) is 0 Å². The highest BCUT2D eigenvalue weighted by molar-refractivity contribution is 5.71. The molecule has 134 valence electrons. The van der Waals surface area contributed by atoms with Crippen molar-refractivity contribution >= 4 is 6.09 Å². The zero-order valence-electron chi connectivity index (χ0n) is 15.5. The molecule has 1 aromatic rings. The number of hydrogen-bond donors (Lipinski definition) is 2. The lowest BCUT2D eigenvalue weighted by atomic mass is 9.63. The number of nitrogens with one attached hydrogen (secondary N) is 2. The molecular weight excluding hydrogens is 316 g/mol. The second-order valence-corrected chi connectivity index (χ2v) is 7.99. The summed E-state index contributed by atoms with van der Waals surface area (Å²) in [5.74, 6) is 0.166. The van der Waals surface area contributed by atoms with Gasteiger partial charge >= 0.3 is 6.09 Å². The number of amides is 1. The van der Waals surface area contributed by atoms with Crippen LogP contribution in [0.25, 0.3) is 0 Å². The van der Waals surface area contributed by atoms with Crippen LogP contribution < -0.4 is 10.9 Å². The number of fused-ring (bicyclic) bond motifs is 4. The van der Waals surface area contributed by atoms with E-state index in [0.29, 0.717) is 6.42 Å². The van der Waals surface area contributed by atoms with Gasteiger partial charge in [-0.3, -0.25) is 4.79 Å². The Labute approximate surface area is 148 Å². The Bertz CT molecular complexity index is 826. The number of rotatable bonds is 1. The topological polar surface area (TPSA) is 71.2 Å². The van der Waals surface area contributed by atoms with Gasteiger partial charge in [-0.2, -0.15) is 0 Å². The number of ether oxygens (including phenoxy) is 1. The molecule has 2 aliphatic rings. The summed E-state index contributed by atoms with van der Waals surface area (Å²) < 4.78 is 5.52. The Morgan fingerprint density at radius 3 is 2.76 bits per heavy atom. The van der Waals surface area contributed by atoms with E-state index in [9.17, 15) is 9.59 Å².